The summed E-state index contributed by atoms with van der Waals surface area (Å²) in [5, 5.41) is 3.16. The molecule has 1 aromatic carbocycles. The van der Waals surface area contributed by atoms with Gasteiger partial charge in [-0.05, 0) is 18.7 Å². The maximum absolute atomic E-state index is 12.0. The van der Waals surface area contributed by atoms with Crippen molar-refractivity contribution in [3.05, 3.63) is 30.3 Å². The maximum atomic E-state index is 12.0. The number of likely N-dealkylation sites (N-methyl/N-ethyl adjacent to an activating group) is 1. The molecule has 114 valence electrons. The first kappa shape index (κ1) is 19.0. The number of amides is 1. The highest BCUT2D eigenvalue weighted by atomic mass is 35.5. The highest BCUT2D eigenvalue weighted by molar-refractivity contribution is 5.85. The molecule has 1 aliphatic heterocycles. The average molecular weight is 320 g/mol. The second kappa shape index (κ2) is 9.86. The molecule has 6 heteroatoms. The Bertz CT molecular complexity index is 381. The fourth-order valence-electron chi connectivity index (χ4n) is 2.16. The molecule has 2 rings (SSSR count). The van der Waals surface area contributed by atoms with Crippen molar-refractivity contribution in [2.24, 2.45) is 0 Å². The second-order valence-electron chi connectivity index (χ2n) is 4.53. The van der Waals surface area contributed by atoms with Gasteiger partial charge in [-0.2, -0.15) is 0 Å². The molecule has 20 heavy (non-hydrogen) atoms. The van der Waals surface area contributed by atoms with E-state index in [1.807, 2.05) is 35.2 Å². The van der Waals surface area contributed by atoms with Crippen LogP contribution in [0.25, 0.3) is 0 Å². The molecule has 0 aliphatic carbocycles. The van der Waals surface area contributed by atoms with Gasteiger partial charge in [0.15, 0.2) is 0 Å². The van der Waals surface area contributed by atoms with Gasteiger partial charge in [0.2, 0.25) is 5.91 Å². The molecule has 0 spiro atoms. The summed E-state index contributed by atoms with van der Waals surface area (Å²) in [6.45, 7) is 7.31. The molecule has 1 N–H and O–H groups in total. The predicted molar refractivity (Wildman–Crippen MR) is 88.1 cm³/mol. The maximum Gasteiger partial charge on any atom is 0.241 e. The Labute approximate surface area is 133 Å². The van der Waals surface area contributed by atoms with Crippen molar-refractivity contribution in [1.82, 2.24) is 9.80 Å². The number of nitrogens with one attached hydrogen (secondary N) is 1. The van der Waals surface area contributed by atoms with Gasteiger partial charge in [-0.15, -0.1) is 24.8 Å². The Morgan fingerprint density at radius 1 is 1.10 bits per heavy atom. The van der Waals surface area contributed by atoms with Gasteiger partial charge in [-0.25, -0.2) is 0 Å². The van der Waals surface area contributed by atoms with Gasteiger partial charge >= 0.3 is 0 Å². The van der Waals surface area contributed by atoms with Crippen LogP contribution in [0.3, 0.4) is 0 Å². The first-order valence-electron chi connectivity index (χ1n) is 6.58. The Hall–Kier alpha value is -0.970. The zero-order valence-electron chi connectivity index (χ0n) is 11.7. The molecule has 1 heterocycles. The van der Waals surface area contributed by atoms with Gasteiger partial charge in [-0.1, -0.05) is 25.1 Å². The van der Waals surface area contributed by atoms with Gasteiger partial charge in [0, 0.05) is 31.9 Å². The molecule has 0 aromatic heterocycles. The Kier molecular flexibility index (Phi) is 9.38. The fraction of sp³-hybridized carbons (Fsp3) is 0.500. The first-order chi connectivity index (χ1) is 8.79. The number of nitrogens with zero attached hydrogens (tertiary/aromatic N) is 2. The monoisotopic (exact) mass is 319 g/mol. The van der Waals surface area contributed by atoms with Crippen LogP contribution in [0.2, 0.25) is 0 Å². The van der Waals surface area contributed by atoms with Gasteiger partial charge in [0.1, 0.15) is 0 Å². The lowest BCUT2D eigenvalue weighted by Crippen LogP contribution is -2.49. The number of benzene rings is 1. The molecular formula is C14H23Cl2N3O. The van der Waals surface area contributed by atoms with E-state index in [9.17, 15) is 4.79 Å². The number of halogens is 2. The molecule has 1 amide bonds. The lowest BCUT2D eigenvalue weighted by atomic mass is 10.3. The summed E-state index contributed by atoms with van der Waals surface area (Å²) in [6, 6.07) is 9.85. The van der Waals surface area contributed by atoms with Crippen LogP contribution in [-0.2, 0) is 4.79 Å². The fourth-order valence-corrected chi connectivity index (χ4v) is 2.16. The van der Waals surface area contributed by atoms with Crippen molar-refractivity contribution < 1.29 is 4.79 Å². The Balaban J connectivity index is 0.00000180. The number of hydrogen-bond acceptors (Lipinski definition) is 3. The van der Waals surface area contributed by atoms with Crippen molar-refractivity contribution in [2.75, 3.05) is 44.6 Å². The van der Waals surface area contributed by atoms with Gasteiger partial charge in [0.05, 0.1) is 6.54 Å². The van der Waals surface area contributed by atoms with E-state index < -0.39 is 0 Å². The molecule has 1 aliphatic rings. The van der Waals surface area contributed by atoms with Crippen LogP contribution in [0, 0.1) is 0 Å². The van der Waals surface area contributed by atoms with E-state index in [1.165, 1.54) is 0 Å². The summed E-state index contributed by atoms with van der Waals surface area (Å²) in [5.74, 6) is 0.189. The van der Waals surface area contributed by atoms with E-state index in [0.29, 0.717) is 6.54 Å². The van der Waals surface area contributed by atoms with Crippen LogP contribution in [0.15, 0.2) is 30.3 Å². The lowest BCUT2D eigenvalue weighted by molar-refractivity contribution is -0.131. The highest BCUT2D eigenvalue weighted by Crippen LogP contribution is 2.06. The molecule has 1 aromatic rings. The van der Waals surface area contributed by atoms with Crippen LogP contribution in [0.5, 0.6) is 0 Å². The van der Waals surface area contributed by atoms with Crippen LogP contribution >= 0.6 is 24.8 Å². The van der Waals surface area contributed by atoms with Crippen LogP contribution in [0.4, 0.5) is 5.69 Å². The summed E-state index contributed by atoms with van der Waals surface area (Å²) in [4.78, 5) is 16.3. The van der Waals surface area contributed by atoms with Gasteiger partial charge in [0.25, 0.3) is 0 Å². The van der Waals surface area contributed by atoms with E-state index in [1.54, 1.807) is 0 Å². The smallest absolute Gasteiger partial charge is 0.241 e. The number of hydrogen-bond donors (Lipinski definition) is 1. The SMILES string of the molecule is CCN1CCN(C(=O)CNc2ccccc2)CC1.Cl.Cl. The number of rotatable bonds is 4. The highest BCUT2D eigenvalue weighted by Gasteiger charge is 2.19. The predicted octanol–water partition coefficient (Wildman–Crippen LogP) is 2.11. The third-order valence-electron chi connectivity index (χ3n) is 3.39. The summed E-state index contributed by atoms with van der Waals surface area (Å²) in [7, 11) is 0. The summed E-state index contributed by atoms with van der Waals surface area (Å²) >= 11 is 0. The summed E-state index contributed by atoms with van der Waals surface area (Å²) in [5.41, 5.74) is 0.998. The van der Waals surface area contributed by atoms with Crippen LogP contribution in [0.1, 0.15) is 6.92 Å². The third kappa shape index (κ3) is 5.57. The topological polar surface area (TPSA) is 35.6 Å². The summed E-state index contributed by atoms with van der Waals surface area (Å²) in [6.07, 6.45) is 0. The van der Waals surface area contributed by atoms with E-state index in [4.69, 9.17) is 0 Å². The minimum absolute atomic E-state index is 0. The van der Waals surface area contributed by atoms with Crippen LogP contribution < -0.4 is 5.32 Å². The molecule has 0 unspecified atom stereocenters. The van der Waals surface area contributed by atoms with Crippen molar-refractivity contribution in [3.8, 4) is 0 Å². The number of carbonyl (C=O) groups excluding carboxylic acids is 1. The largest absolute Gasteiger partial charge is 0.376 e. The standard InChI is InChI=1S/C14H21N3O.2ClH/c1-2-16-8-10-17(11-9-16)14(18)12-15-13-6-4-3-5-7-13;;/h3-7,15H,2,8-12H2,1H3;2*1H. The molecule has 0 atom stereocenters. The van der Waals surface area contributed by atoms with Crippen molar-refractivity contribution in [2.45, 2.75) is 6.92 Å². The molecule has 4 nitrogen and oxygen atoms in total. The molecule has 0 radical (unpaired) electrons. The molecule has 1 saturated heterocycles. The first-order valence-corrected chi connectivity index (χ1v) is 6.58. The van der Waals surface area contributed by atoms with Gasteiger partial charge in [-0.3, -0.25) is 4.79 Å². The van der Waals surface area contributed by atoms with E-state index in [2.05, 4.69) is 17.1 Å². The second-order valence-corrected chi connectivity index (χ2v) is 4.53. The van der Waals surface area contributed by atoms with E-state index in [-0.39, 0.29) is 30.7 Å². The lowest BCUT2D eigenvalue weighted by Gasteiger charge is -2.34. The molecule has 1 fully saturated rings. The van der Waals surface area contributed by atoms with E-state index in [0.717, 1.165) is 38.4 Å². The average Bonchev–Trinajstić information content (AvgIpc) is 2.46. The number of carbonyl (C=O) groups is 1. The van der Waals surface area contributed by atoms with Crippen LogP contribution in [-0.4, -0.2) is 55.0 Å². The van der Waals surface area contributed by atoms with E-state index >= 15 is 0 Å². The number of piperazine rings is 1. The minimum atomic E-state index is 0. The minimum Gasteiger partial charge on any atom is -0.376 e. The van der Waals surface area contributed by atoms with Gasteiger partial charge < -0.3 is 15.1 Å². The normalized spacial score (nSPS) is 14.9. The third-order valence-corrected chi connectivity index (χ3v) is 3.39. The molecule has 0 bridgehead atoms. The van der Waals surface area contributed by atoms with Crippen molar-refractivity contribution in [1.29, 1.82) is 0 Å². The molecule has 0 saturated carbocycles. The Morgan fingerprint density at radius 3 is 2.25 bits per heavy atom. The quantitative estimate of drug-likeness (QED) is 0.923. The summed E-state index contributed by atoms with van der Waals surface area (Å²) < 4.78 is 0. The number of para-hydroxylation sites is 1. The number of anilines is 1. The van der Waals surface area contributed by atoms with Crippen molar-refractivity contribution >= 4 is 36.4 Å². The van der Waals surface area contributed by atoms with Crippen molar-refractivity contribution in [3.63, 3.8) is 0 Å². The molecular weight excluding hydrogens is 297 g/mol. The zero-order valence-corrected chi connectivity index (χ0v) is 13.4. The Morgan fingerprint density at radius 2 is 1.70 bits per heavy atom. The zero-order chi connectivity index (χ0) is 12.8.